The molecule has 0 aliphatic carbocycles. The first-order chi connectivity index (χ1) is 8.04. The normalized spacial score (nSPS) is 11.7. The van der Waals surface area contributed by atoms with E-state index in [4.69, 9.17) is 11.6 Å². The summed E-state index contributed by atoms with van der Waals surface area (Å²) in [5.74, 6) is -3.14. The van der Waals surface area contributed by atoms with E-state index in [0.29, 0.717) is 11.0 Å². The number of halogens is 3. The fourth-order valence-electron chi connectivity index (χ4n) is 1.49. The van der Waals surface area contributed by atoms with Gasteiger partial charge < -0.3 is 0 Å². The van der Waals surface area contributed by atoms with Crippen LogP contribution in [0.1, 0.15) is 12.1 Å². The van der Waals surface area contributed by atoms with E-state index in [-0.39, 0.29) is 5.15 Å². The van der Waals surface area contributed by atoms with Crippen molar-refractivity contribution in [1.82, 2.24) is 9.97 Å². The van der Waals surface area contributed by atoms with E-state index in [0.717, 1.165) is 6.08 Å². The van der Waals surface area contributed by atoms with Gasteiger partial charge in [0.05, 0.1) is 11.0 Å². The summed E-state index contributed by atoms with van der Waals surface area (Å²) in [5.41, 5.74) is 0.393. The second-order valence-corrected chi connectivity index (χ2v) is 3.91. The smallest absolute Gasteiger partial charge is 0.242 e. The SMILES string of the molecule is C=CCC(F)(F)c1nc2ccccc2nc1Cl. The number of rotatable bonds is 3. The molecule has 0 saturated carbocycles. The van der Waals surface area contributed by atoms with Crippen molar-refractivity contribution in [2.45, 2.75) is 12.3 Å². The first-order valence-electron chi connectivity index (χ1n) is 4.96. The van der Waals surface area contributed by atoms with E-state index in [1.54, 1.807) is 24.3 Å². The number of alkyl halides is 2. The van der Waals surface area contributed by atoms with Gasteiger partial charge >= 0.3 is 0 Å². The molecule has 0 fully saturated rings. The zero-order valence-corrected chi connectivity index (χ0v) is 9.59. The van der Waals surface area contributed by atoms with E-state index in [1.165, 1.54) is 0 Å². The van der Waals surface area contributed by atoms with Crippen molar-refractivity contribution in [3.63, 3.8) is 0 Å². The average molecular weight is 255 g/mol. The fraction of sp³-hybridized carbons (Fsp3) is 0.167. The Morgan fingerprint density at radius 3 is 2.41 bits per heavy atom. The number of aromatic nitrogens is 2. The summed E-state index contributed by atoms with van der Waals surface area (Å²) in [4.78, 5) is 7.79. The summed E-state index contributed by atoms with van der Waals surface area (Å²) in [6.45, 7) is 3.29. The van der Waals surface area contributed by atoms with Crippen molar-refractivity contribution in [3.8, 4) is 0 Å². The van der Waals surface area contributed by atoms with Crippen LogP contribution in [0.3, 0.4) is 0 Å². The predicted molar refractivity (Wildman–Crippen MR) is 63.3 cm³/mol. The molecule has 0 N–H and O–H groups in total. The minimum atomic E-state index is -3.14. The quantitative estimate of drug-likeness (QED) is 0.775. The Balaban J connectivity index is 2.61. The summed E-state index contributed by atoms with van der Waals surface area (Å²) in [5, 5.41) is -0.268. The number of nitrogens with zero attached hydrogens (tertiary/aromatic N) is 2. The number of benzene rings is 1. The molecule has 0 aliphatic rings. The third-order valence-corrected chi connectivity index (χ3v) is 2.54. The molecule has 1 aromatic carbocycles. The molecule has 1 aromatic heterocycles. The van der Waals surface area contributed by atoms with E-state index in [2.05, 4.69) is 16.5 Å². The van der Waals surface area contributed by atoms with Gasteiger partial charge in [-0.1, -0.05) is 29.8 Å². The highest BCUT2D eigenvalue weighted by atomic mass is 35.5. The fourth-order valence-corrected chi connectivity index (χ4v) is 1.76. The van der Waals surface area contributed by atoms with Gasteiger partial charge in [0.1, 0.15) is 5.69 Å². The maximum Gasteiger partial charge on any atom is 0.296 e. The van der Waals surface area contributed by atoms with Crippen LogP contribution in [0, 0.1) is 0 Å². The highest BCUT2D eigenvalue weighted by molar-refractivity contribution is 6.30. The van der Waals surface area contributed by atoms with Crippen LogP contribution in [0.25, 0.3) is 11.0 Å². The molecule has 0 aliphatic heterocycles. The summed E-state index contributed by atoms with van der Waals surface area (Å²) < 4.78 is 27.4. The molecular formula is C12H9ClF2N2. The van der Waals surface area contributed by atoms with Crippen molar-refractivity contribution in [2.75, 3.05) is 0 Å². The van der Waals surface area contributed by atoms with E-state index in [1.807, 2.05) is 0 Å². The van der Waals surface area contributed by atoms with E-state index >= 15 is 0 Å². The molecule has 88 valence electrons. The van der Waals surface area contributed by atoms with Gasteiger partial charge in [0.2, 0.25) is 0 Å². The van der Waals surface area contributed by atoms with Gasteiger partial charge in [-0.15, -0.1) is 6.58 Å². The Morgan fingerprint density at radius 2 is 1.82 bits per heavy atom. The van der Waals surface area contributed by atoms with Crippen LogP contribution < -0.4 is 0 Å². The molecule has 17 heavy (non-hydrogen) atoms. The second-order valence-electron chi connectivity index (χ2n) is 3.55. The Morgan fingerprint density at radius 1 is 1.24 bits per heavy atom. The maximum absolute atomic E-state index is 13.7. The molecule has 0 radical (unpaired) electrons. The van der Waals surface area contributed by atoms with Crippen LogP contribution >= 0.6 is 11.6 Å². The second kappa shape index (κ2) is 4.37. The van der Waals surface area contributed by atoms with Gasteiger partial charge in [-0.25, -0.2) is 9.97 Å². The predicted octanol–water partition coefficient (Wildman–Crippen LogP) is 3.95. The molecule has 0 spiro atoms. The van der Waals surface area contributed by atoms with Crippen LogP contribution in [0.4, 0.5) is 8.78 Å². The lowest BCUT2D eigenvalue weighted by atomic mass is 10.1. The molecule has 2 rings (SSSR count). The summed E-state index contributed by atoms with van der Waals surface area (Å²) in [6.07, 6.45) is 0.618. The molecule has 2 aromatic rings. The zero-order valence-electron chi connectivity index (χ0n) is 8.83. The molecule has 0 unspecified atom stereocenters. The molecular weight excluding hydrogens is 246 g/mol. The lowest BCUT2D eigenvalue weighted by Gasteiger charge is -2.14. The average Bonchev–Trinajstić information content (AvgIpc) is 2.27. The number of hydrogen-bond acceptors (Lipinski definition) is 2. The van der Waals surface area contributed by atoms with Crippen molar-refractivity contribution in [2.24, 2.45) is 0 Å². The maximum atomic E-state index is 13.7. The topological polar surface area (TPSA) is 25.8 Å². The van der Waals surface area contributed by atoms with Crippen molar-refractivity contribution in [1.29, 1.82) is 0 Å². The minimum Gasteiger partial charge on any atom is -0.242 e. The van der Waals surface area contributed by atoms with Crippen LogP contribution in [-0.4, -0.2) is 9.97 Å². The standard InChI is InChI=1S/C12H9ClF2N2/c1-2-7-12(14,15)10-11(13)17-9-6-4-3-5-8(9)16-10/h2-6H,1,7H2. The summed E-state index contributed by atoms with van der Waals surface area (Å²) in [7, 11) is 0. The van der Waals surface area contributed by atoms with Gasteiger partial charge in [0.15, 0.2) is 5.15 Å². The summed E-state index contributed by atoms with van der Waals surface area (Å²) >= 11 is 5.74. The molecule has 0 saturated heterocycles. The van der Waals surface area contributed by atoms with Gasteiger partial charge in [-0.3, -0.25) is 0 Å². The third kappa shape index (κ3) is 2.26. The highest BCUT2D eigenvalue weighted by Crippen LogP contribution is 2.35. The Labute approximate surface area is 102 Å². The zero-order chi connectivity index (χ0) is 12.5. The molecule has 0 bridgehead atoms. The molecule has 1 heterocycles. The van der Waals surface area contributed by atoms with E-state index < -0.39 is 18.0 Å². The van der Waals surface area contributed by atoms with Gasteiger partial charge in [-0.05, 0) is 12.1 Å². The lowest BCUT2D eigenvalue weighted by Crippen LogP contribution is -2.15. The van der Waals surface area contributed by atoms with Gasteiger partial charge in [-0.2, -0.15) is 8.78 Å². The van der Waals surface area contributed by atoms with Crippen molar-refractivity contribution in [3.05, 3.63) is 47.8 Å². The Hall–Kier alpha value is -1.55. The van der Waals surface area contributed by atoms with Crippen molar-refractivity contribution < 1.29 is 8.78 Å². The Kier molecular flexibility index (Phi) is 3.07. The van der Waals surface area contributed by atoms with Crippen LogP contribution in [-0.2, 0) is 5.92 Å². The number of para-hydroxylation sites is 2. The molecule has 0 amide bonds. The van der Waals surface area contributed by atoms with Crippen LogP contribution in [0.2, 0.25) is 5.15 Å². The van der Waals surface area contributed by atoms with Crippen LogP contribution in [0.5, 0.6) is 0 Å². The summed E-state index contributed by atoms with van der Waals surface area (Å²) in [6, 6.07) is 6.74. The lowest BCUT2D eigenvalue weighted by molar-refractivity contribution is -0.00529. The first kappa shape index (κ1) is 11.9. The monoisotopic (exact) mass is 254 g/mol. The van der Waals surface area contributed by atoms with E-state index in [9.17, 15) is 8.78 Å². The minimum absolute atomic E-state index is 0.268. The Bertz CT molecular complexity index is 569. The number of allylic oxidation sites excluding steroid dienone is 1. The third-order valence-electron chi connectivity index (χ3n) is 2.28. The van der Waals surface area contributed by atoms with Gasteiger partial charge in [0, 0.05) is 6.42 Å². The molecule has 0 atom stereocenters. The number of fused-ring (bicyclic) bond motifs is 1. The van der Waals surface area contributed by atoms with Crippen LogP contribution in [0.15, 0.2) is 36.9 Å². The first-order valence-corrected chi connectivity index (χ1v) is 5.34. The molecule has 2 nitrogen and oxygen atoms in total. The highest BCUT2D eigenvalue weighted by Gasteiger charge is 2.35. The largest absolute Gasteiger partial charge is 0.296 e. The molecule has 5 heteroatoms. The van der Waals surface area contributed by atoms with Crippen molar-refractivity contribution >= 4 is 22.6 Å². The number of hydrogen-bond donors (Lipinski definition) is 0. The van der Waals surface area contributed by atoms with Gasteiger partial charge in [0.25, 0.3) is 5.92 Å².